The number of H-pyrrole nitrogens is 1. The fourth-order valence-corrected chi connectivity index (χ4v) is 5.47. The lowest BCUT2D eigenvalue weighted by Crippen LogP contribution is -2.48. The molecule has 0 radical (unpaired) electrons. The van der Waals surface area contributed by atoms with Crippen molar-refractivity contribution in [2.24, 2.45) is 0 Å². The third-order valence-corrected chi connectivity index (χ3v) is 16.6. The number of nitrogens with one attached hydrogen (secondary N) is 1. The second-order valence-corrected chi connectivity index (χ2v) is 22.0. The Morgan fingerprint density at radius 2 is 1.64 bits per heavy atom. The van der Waals surface area contributed by atoms with Gasteiger partial charge in [-0.3, -0.25) is 14.6 Å². The van der Waals surface area contributed by atoms with E-state index < -0.39 is 46.1 Å². The summed E-state index contributed by atoms with van der Waals surface area (Å²) in [5.41, 5.74) is -0.815. The quantitative estimate of drug-likeness (QED) is 0.368. The van der Waals surface area contributed by atoms with Crippen LogP contribution in [0.5, 0.6) is 0 Å². The van der Waals surface area contributed by atoms with Gasteiger partial charge in [0.1, 0.15) is 6.10 Å². The summed E-state index contributed by atoms with van der Waals surface area (Å²) >= 11 is 0. The third-order valence-electron chi connectivity index (χ3n) is 7.65. The number of aromatic amines is 1. The van der Waals surface area contributed by atoms with Crippen LogP contribution in [0.4, 0.5) is 0 Å². The minimum absolute atomic E-state index is 0.0223. The van der Waals surface area contributed by atoms with E-state index in [0.717, 1.165) is 0 Å². The molecule has 0 spiro atoms. The van der Waals surface area contributed by atoms with Crippen LogP contribution in [0.3, 0.4) is 0 Å². The van der Waals surface area contributed by atoms with Gasteiger partial charge in [0.2, 0.25) is 5.88 Å². The Morgan fingerprint density at radius 1 is 1.06 bits per heavy atom. The van der Waals surface area contributed by atoms with Crippen molar-refractivity contribution in [1.29, 1.82) is 0 Å². The van der Waals surface area contributed by atoms with Gasteiger partial charge >= 0.3 is 11.7 Å². The van der Waals surface area contributed by atoms with Gasteiger partial charge in [0.25, 0.3) is 5.56 Å². The van der Waals surface area contributed by atoms with Gasteiger partial charge in [-0.1, -0.05) is 41.5 Å². The highest BCUT2D eigenvalue weighted by molar-refractivity contribution is 6.74. The summed E-state index contributed by atoms with van der Waals surface area (Å²) in [6, 6.07) is 1.30. The maximum atomic E-state index is 12.9. The first-order valence-corrected chi connectivity index (χ1v) is 18.2. The normalized spacial score (nSPS) is 19.1. The van der Waals surface area contributed by atoms with Crippen molar-refractivity contribution < 1.29 is 23.1 Å². The molecule has 204 valence electrons. The van der Waals surface area contributed by atoms with Crippen molar-refractivity contribution in [3.63, 3.8) is 0 Å². The van der Waals surface area contributed by atoms with Crippen LogP contribution in [-0.2, 0) is 29.5 Å². The van der Waals surface area contributed by atoms with Crippen molar-refractivity contribution in [2.45, 2.75) is 103 Å². The van der Waals surface area contributed by atoms with Gasteiger partial charge in [-0.25, -0.2) is 9.36 Å². The molecule has 0 aromatic carbocycles. The van der Waals surface area contributed by atoms with Gasteiger partial charge < -0.3 is 18.3 Å². The average molecular weight is 541 g/mol. The van der Waals surface area contributed by atoms with Crippen LogP contribution in [-0.4, -0.2) is 58.1 Å². The van der Waals surface area contributed by atoms with Crippen LogP contribution >= 0.6 is 0 Å². The molecular weight excluding hydrogens is 496 g/mol. The number of esters is 1. The SMILES string of the molecule is COC(=O)CCc1cc(=O)[nH]c(=O)n1C1=C[C@H](O[Si](C)(C)C(C)(C)C)[C@@H](CO[Si](C)(C)C(C)(C)C)O1. The zero-order chi connectivity index (χ0) is 27.7. The minimum Gasteiger partial charge on any atom is -0.470 e. The number of aromatic nitrogens is 2. The highest BCUT2D eigenvalue weighted by Gasteiger charge is 2.45. The molecule has 1 aliphatic heterocycles. The molecule has 1 aromatic heterocycles. The maximum absolute atomic E-state index is 12.9. The molecule has 1 aromatic rings. The molecule has 0 saturated heterocycles. The van der Waals surface area contributed by atoms with Crippen molar-refractivity contribution in [3.05, 3.63) is 38.7 Å². The number of carbonyl (C=O) groups excluding carboxylic acids is 1. The molecule has 9 nitrogen and oxygen atoms in total. The van der Waals surface area contributed by atoms with Crippen LogP contribution in [0.25, 0.3) is 5.88 Å². The number of hydrogen-bond donors (Lipinski definition) is 1. The molecule has 36 heavy (non-hydrogen) atoms. The second-order valence-electron chi connectivity index (χ2n) is 12.4. The van der Waals surface area contributed by atoms with E-state index in [9.17, 15) is 14.4 Å². The zero-order valence-corrected chi connectivity index (χ0v) is 25.7. The van der Waals surface area contributed by atoms with Gasteiger partial charge in [-0.05, 0) is 42.7 Å². The first-order chi connectivity index (χ1) is 16.3. The first kappa shape index (κ1) is 30.3. The van der Waals surface area contributed by atoms with E-state index in [1.54, 1.807) is 6.08 Å². The molecule has 1 aliphatic rings. The molecule has 1 N–H and O–H groups in total. The smallest absolute Gasteiger partial charge is 0.335 e. The van der Waals surface area contributed by atoms with Gasteiger partial charge in [0.05, 0.1) is 20.1 Å². The fraction of sp³-hybridized carbons (Fsp3) is 0.720. The zero-order valence-electron chi connectivity index (χ0n) is 23.7. The Balaban J connectivity index is 2.47. The largest absolute Gasteiger partial charge is 0.470 e. The highest BCUT2D eigenvalue weighted by Crippen LogP contribution is 2.40. The topological polar surface area (TPSA) is 109 Å². The molecule has 2 atom stereocenters. The third kappa shape index (κ3) is 7.08. The van der Waals surface area contributed by atoms with Gasteiger partial charge in [0.15, 0.2) is 22.7 Å². The Kier molecular flexibility index (Phi) is 9.08. The molecule has 0 amide bonds. The van der Waals surface area contributed by atoms with Gasteiger partial charge in [-0.2, -0.15) is 0 Å². The summed E-state index contributed by atoms with van der Waals surface area (Å²) in [6.07, 6.45) is 1.06. The van der Waals surface area contributed by atoms with Crippen LogP contribution in [0.1, 0.15) is 53.7 Å². The molecule has 11 heteroatoms. The summed E-state index contributed by atoms with van der Waals surface area (Å²) < 4.78 is 25.5. The molecule has 2 heterocycles. The van der Waals surface area contributed by atoms with E-state index in [0.29, 0.717) is 12.3 Å². The van der Waals surface area contributed by atoms with Crippen molar-refractivity contribution in [1.82, 2.24) is 9.55 Å². The van der Waals surface area contributed by atoms with E-state index in [2.05, 4.69) is 72.7 Å². The lowest BCUT2D eigenvalue weighted by atomic mass is 10.2. The Labute approximate surface area is 216 Å². The highest BCUT2D eigenvalue weighted by atomic mass is 28.4. The molecule has 0 bridgehead atoms. The van der Waals surface area contributed by atoms with E-state index in [-0.39, 0.29) is 28.8 Å². The Morgan fingerprint density at radius 3 is 2.17 bits per heavy atom. The number of hydrogen-bond acceptors (Lipinski definition) is 7. The summed E-state index contributed by atoms with van der Waals surface area (Å²) in [4.78, 5) is 39.0. The molecule has 0 aliphatic carbocycles. The Hall–Kier alpha value is -1.96. The maximum Gasteiger partial charge on any atom is 0.335 e. The predicted molar refractivity (Wildman–Crippen MR) is 146 cm³/mol. The second kappa shape index (κ2) is 10.8. The van der Waals surface area contributed by atoms with E-state index >= 15 is 0 Å². The fourth-order valence-electron chi connectivity index (χ4n) is 3.20. The average Bonchev–Trinajstić information content (AvgIpc) is 3.09. The molecule has 2 rings (SSSR count). The number of carbonyl (C=O) groups is 1. The van der Waals surface area contributed by atoms with Crippen LogP contribution in [0.2, 0.25) is 36.3 Å². The van der Waals surface area contributed by atoms with E-state index in [4.69, 9.17) is 18.3 Å². The summed E-state index contributed by atoms with van der Waals surface area (Å²) in [6.45, 7) is 22.0. The number of nitrogens with zero attached hydrogens (tertiary/aromatic N) is 1. The van der Waals surface area contributed by atoms with Crippen LogP contribution in [0.15, 0.2) is 21.7 Å². The monoisotopic (exact) mass is 540 g/mol. The van der Waals surface area contributed by atoms with Gasteiger partial charge in [0, 0.05) is 17.8 Å². The van der Waals surface area contributed by atoms with Crippen molar-refractivity contribution in [2.75, 3.05) is 13.7 Å². The summed E-state index contributed by atoms with van der Waals surface area (Å²) in [7, 11) is -2.98. The summed E-state index contributed by atoms with van der Waals surface area (Å²) in [5, 5.41) is -0.0104. The standard InChI is InChI=1S/C25H44N2O7Si2/c1-24(2,3)35(8,9)32-16-19-18(34-36(10,11)25(4,5)6)15-21(33-19)27-17(12-13-22(29)31-7)14-20(28)26-23(27)30/h14-15,18-19H,12-13,16H2,1-11H3,(H,26,28,30)/t18-,19+/m0/s1. The minimum atomic E-state index is -2.20. The van der Waals surface area contributed by atoms with Crippen molar-refractivity contribution >= 4 is 28.5 Å². The lowest BCUT2D eigenvalue weighted by molar-refractivity contribution is -0.140. The van der Waals surface area contributed by atoms with Gasteiger partial charge in [-0.15, -0.1) is 0 Å². The number of aryl methyl sites for hydroxylation is 1. The number of methoxy groups -OCH3 is 1. The molecule has 0 fully saturated rings. The summed E-state index contributed by atoms with van der Waals surface area (Å²) in [5.74, 6) is -0.168. The Bertz CT molecular complexity index is 1090. The van der Waals surface area contributed by atoms with Crippen LogP contribution < -0.4 is 11.2 Å². The lowest BCUT2D eigenvalue weighted by Gasteiger charge is -2.40. The number of ether oxygens (including phenoxy) is 2. The molecule has 0 unspecified atom stereocenters. The number of rotatable bonds is 9. The van der Waals surface area contributed by atoms with E-state index in [1.807, 2.05) is 0 Å². The molecule has 0 saturated carbocycles. The van der Waals surface area contributed by atoms with Crippen LogP contribution in [0, 0.1) is 0 Å². The van der Waals surface area contributed by atoms with Crippen molar-refractivity contribution in [3.8, 4) is 0 Å². The molecular formula is C25H44N2O7Si2. The van der Waals surface area contributed by atoms with E-state index in [1.165, 1.54) is 17.7 Å². The predicted octanol–water partition coefficient (Wildman–Crippen LogP) is 4.25. The first-order valence-electron chi connectivity index (χ1n) is 12.4.